The first-order valence-electron chi connectivity index (χ1n) is 9.81. The lowest BCUT2D eigenvalue weighted by Gasteiger charge is -2.18. The molecule has 0 spiro atoms. The Bertz CT molecular complexity index is 896. The zero-order valence-corrected chi connectivity index (χ0v) is 17.7. The van der Waals surface area contributed by atoms with Crippen LogP contribution in [0.25, 0.3) is 0 Å². The van der Waals surface area contributed by atoms with Crippen molar-refractivity contribution < 1.29 is 19.1 Å². The maximum atomic E-state index is 12.8. The molecule has 3 rings (SSSR count). The molecule has 0 bridgehead atoms. The van der Waals surface area contributed by atoms with Crippen LogP contribution in [0.2, 0.25) is 0 Å². The summed E-state index contributed by atoms with van der Waals surface area (Å²) in [5.74, 6) is 0.270. The van der Waals surface area contributed by atoms with Crippen molar-refractivity contribution in [2.24, 2.45) is 0 Å². The van der Waals surface area contributed by atoms with E-state index in [-0.39, 0.29) is 16.9 Å². The smallest absolute Gasteiger partial charge is 0.257 e. The molecular weight excluding hydrogens is 402 g/mol. The average molecular weight is 428 g/mol. The van der Waals surface area contributed by atoms with Gasteiger partial charge in [0.25, 0.3) is 11.8 Å². The predicted octanol–water partition coefficient (Wildman–Crippen LogP) is 3.07. The van der Waals surface area contributed by atoms with Crippen molar-refractivity contribution >= 4 is 34.8 Å². The van der Waals surface area contributed by atoms with E-state index in [4.69, 9.17) is 21.7 Å². The van der Waals surface area contributed by atoms with Gasteiger partial charge in [-0.3, -0.25) is 14.9 Å². The number of carbonyl (C=O) groups excluding carboxylic acids is 2. The van der Waals surface area contributed by atoms with Crippen molar-refractivity contribution in [3.05, 3.63) is 59.7 Å². The van der Waals surface area contributed by atoms with Gasteiger partial charge in [0.1, 0.15) is 12.4 Å². The van der Waals surface area contributed by atoms with Gasteiger partial charge in [-0.15, -0.1) is 0 Å². The standard InChI is InChI=1S/C22H25N3O4S/c1-28-14-15-29-17-10-8-16(9-11-17)20(26)24-22(30)23-19-7-3-2-6-18(19)21(27)25-12-4-5-13-25/h2-3,6-11H,4-5,12-15H2,1H3,(H2,23,24,26,30). The summed E-state index contributed by atoms with van der Waals surface area (Å²) in [6, 6.07) is 13.9. The van der Waals surface area contributed by atoms with Crippen molar-refractivity contribution in [1.29, 1.82) is 0 Å². The van der Waals surface area contributed by atoms with Crippen LogP contribution in [0.15, 0.2) is 48.5 Å². The lowest BCUT2D eigenvalue weighted by molar-refractivity contribution is 0.0793. The van der Waals surface area contributed by atoms with Gasteiger partial charge in [-0.2, -0.15) is 0 Å². The molecule has 158 valence electrons. The number of nitrogens with zero attached hydrogens (tertiary/aromatic N) is 1. The second-order valence-electron chi connectivity index (χ2n) is 6.82. The van der Waals surface area contributed by atoms with E-state index >= 15 is 0 Å². The minimum absolute atomic E-state index is 0.0335. The molecule has 1 heterocycles. The molecule has 0 atom stereocenters. The van der Waals surface area contributed by atoms with E-state index in [9.17, 15) is 9.59 Å². The maximum absolute atomic E-state index is 12.8. The highest BCUT2D eigenvalue weighted by Crippen LogP contribution is 2.20. The minimum Gasteiger partial charge on any atom is -0.491 e. The van der Waals surface area contributed by atoms with Crippen LogP contribution in [0.4, 0.5) is 5.69 Å². The number of hydrogen-bond acceptors (Lipinski definition) is 5. The number of anilines is 1. The summed E-state index contributed by atoms with van der Waals surface area (Å²) in [6.45, 7) is 2.45. The third kappa shape index (κ3) is 5.77. The Morgan fingerprint density at radius 1 is 1.03 bits per heavy atom. The molecule has 1 aliphatic rings. The summed E-state index contributed by atoms with van der Waals surface area (Å²) in [4.78, 5) is 27.1. The third-order valence-corrected chi connectivity index (χ3v) is 4.90. The summed E-state index contributed by atoms with van der Waals surface area (Å²) in [6.07, 6.45) is 2.04. The van der Waals surface area contributed by atoms with Crippen molar-refractivity contribution in [1.82, 2.24) is 10.2 Å². The highest BCUT2D eigenvalue weighted by molar-refractivity contribution is 7.80. The molecule has 0 saturated carbocycles. The molecule has 1 aliphatic heterocycles. The summed E-state index contributed by atoms with van der Waals surface area (Å²) in [5, 5.41) is 5.75. The Morgan fingerprint density at radius 3 is 2.43 bits per heavy atom. The number of amides is 2. The predicted molar refractivity (Wildman–Crippen MR) is 119 cm³/mol. The number of ether oxygens (including phenoxy) is 2. The van der Waals surface area contributed by atoms with Gasteiger partial charge in [0.05, 0.1) is 17.9 Å². The first-order chi connectivity index (χ1) is 14.6. The number of hydrogen-bond donors (Lipinski definition) is 2. The second-order valence-corrected chi connectivity index (χ2v) is 7.23. The quantitative estimate of drug-likeness (QED) is 0.522. The molecule has 2 aromatic carbocycles. The van der Waals surface area contributed by atoms with Crippen LogP contribution in [0.3, 0.4) is 0 Å². The molecule has 0 aliphatic carbocycles. The molecule has 2 amide bonds. The molecule has 0 radical (unpaired) electrons. The molecule has 8 heteroatoms. The zero-order valence-electron chi connectivity index (χ0n) is 16.8. The van der Waals surface area contributed by atoms with Crippen LogP contribution in [-0.4, -0.2) is 55.2 Å². The largest absolute Gasteiger partial charge is 0.491 e. The number of rotatable bonds is 7. The lowest BCUT2D eigenvalue weighted by atomic mass is 10.1. The highest BCUT2D eigenvalue weighted by Gasteiger charge is 2.22. The normalized spacial score (nSPS) is 13.0. The van der Waals surface area contributed by atoms with Crippen molar-refractivity contribution in [2.75, 3.05) is 38.7 Å². The Kier molecular flexibility index (Phi) is 7.75. The molecule has 1 fully saturated rings. The van der Waals surface area contributed by atoms with Crippen LogP contribution in [0, 0.1) is 0 Å². The molecule has 2 N–H and O–H groups in total. The molecule has 0 aromatic heterocycles. The van der Waals surface area contributed by atoms with Crippen molar-refractivity contribution in [3.8, 4) is 5.75 Å². The van der Waals surface area contributed by atoms with Crippen LogP contribution in [0.1, 0.15) is 33.6 Å². The van der Waals surface area contributed by atoms with E-state index < -0.39 is 0 Å². The van der Waals surface area contributed by atoms with Gasteiger partial charge in [0, 0.05) is 25.8 Å². The molecule has 0 unspecified atom stereocenters. The lowest BCUT2D eigenvalue weighted by Crippen LogP contribution is -2.35. The monoisotopic (exact) mass is 427 g/mol. The van der Waals surface area contributed by atoms with E-state index in [1.807, 2.05) is 17.0 Å². The van der Waals surface area contributed by atoms with Gasteiger partial charge in [0.2, 0.25) is 0 Å². The first-order valence-corrected chi connectivity index (χ1v) is 10.2. The number of para-hydroxylation sites is 1. The van der Waals surface area contributed by atoms with Gasteiger partial charge in [-0.05, 0) is 61.5 Å². The Labute approximate surface area is 181 Å². The highest BCUT2D eigenvalue weighted by atomic mass is 32.1. The van der Waals surface area contributed by atoms with Crippen LogP contribution in [-0.2, 0) is 4.74 Å². The fraction of sp³-hybridized carbons (Fsp3) is 0.318. The van der Waals surface area contributed by atoms with Gasteiger partial charge in [0.15, 0.2) is 5.11 Å². The Hall–Kier alpha value is -2.97. The van der Waals surface area contributed by atoms with E-state index in [0.717, 1.165) is 25.9 Å². The van der Waals surface area contributed by atoms with E-state index in [1.165, 1.54) is 0 Å². The summed E-state index contributed by atoms with van der Waals surface area (Å²) >= 11 is 5.28. The molecular formula is C22H25N3O4S. The van der Waals surface area contributed by atoms with Gasteiger partial charge in [-0.25, -0.2) is 0 Å². The van der Waals surface area contributed by atoms with Crippen LogP contribution in [0.5, 0.6) is 5.75 Å². The Balaban J connectivity index is 1.59. The van der Waals surface area contributed by atoms with E-state index in [1.54, 1.807) is 43.5 Å². The molecule has 30 heavy (non-hydrogen) atoms. The van der Waals surface area contributed by atoms with Crippen LogP contribution < -0.4 is 15.4 Å². The average Bonchev–Trinajstić information content (AvgIpc) is 3.29. The zero-order chi connectivity index (χ0) is 21.3. The van der Waals surface area contributed by atoms with Crippen molar-refractivity contribution in [2.45, 2.75) is 12.8 Å². The number of nitrogens with one attached hydrogen (secondary N) is 2. The maximum Gasteiger partial charge on any atom is 0.257 e. The number of likely N-dealkylation sites (tertiary alicyclic amines) is 1. The second kappa shape index (κ2) is 10.7. The fourth-order valence-corrected chi connectivity index (χ4v) is 3.35. The van der Waals surface area contributed by atoms with Gasteiger partial charge < -0.3 is 19.7 Å². The number of methoxy groups -OCH3 is 1. The molecule has 2 aromatic rings. The molecule has 7 nitrogen and oxygen atoms in total. The third-order valence-electron chi connectivity index (χ3n) is 4.70. The summed E-state index contributed by atoms with van der Waals surface area (Å²) in [7, 11) is 1.61. The van der Waals surface area contributed by atoms with Gasteiger partial charge >= 0.3 is 0 Å². The topological polar surface area (TPSA) is 79.9 Å². The van der Waals surface area contributed by atoms with Gasteiger partial charge in [-0.1, -0.05) is 12.1 Å². The van der Waals surface area contributed by atoms with E-state index in [2.05, 4.69) is 10.6 Å². The summed E-state index contributed by atoms with van der Waals surface area (Å²) < 4.78 is 10.4. The van der Waals surface area contributed by atoms with Crippen molar-refractivity contribution in [3.63, 3.8) is 0 Å². The van der Waals surface area contributed by atoms with Crippen LogP contribution >= 0.6 is 12.2 Å². The summed E-state index contributed by atoms with van der Waals surface area (Å²) in [5.41, 5.74) is 1.55. The number of benzene rings is 2. The van der Waals surface area contributed by atoms with E-state index in [0.29, 0.717) is 35.8 Å². The first kappa shape index (κ1) is 21.7. The molecule has 1 saturated heterocycles. The fourth-order valence-electron chi connectivity index (χ4n) is 3.14. The minimum atomic E-state index is -0.348. The Morgan fingerprint density at radius 2 is 1.73 bits per heavy atom. The SMILES string of the molecule is COCCOc1ccc(C(=O)NC(=S)Nc2ccccc2C(=O)N2CCCC2)cc1. The number of thiocarbonyl (C=S) groups is 1. The number of carbonyl (C=O) groups is 2.